The van der Waals surface area contributed by atoms with Gasteiger partial charge in [-0.05, 0) is 36.5 Å². The van der Waals surface area contributed by atoms with E-state index in [-0.39, 0.29) is 12.0 Å². The molecule has 0 saturated heterocycles. The minimum absolute atomic E-state index is 0.0367. The lowest BCUT2D eigenvalue weighted by molar-refractivity contribution is -0.181. The fourth-order valence-corrected chi connectivity index (χ4v) is 5.25. The molecule has 2 aliphatic carbocycles. The van der Waals surface area contributed by atoms with E-state index in [2.05, 4.69) is 29.8 Å². The predicted molar refractivity (Wildman–Crippen MR) is 67.8 cm³/mol. The first-order valence-electron chi connectivity index (χ1n) is 6.49. The van der Waals surface area contributed by atoms with Gasteiger partial charge < -0.3 is 4.74 Å². The summed E-state index contributed by atoms with van der Waals surface area (Å²) in [5, 5.41) is 0.631. The number of hydrogen-bond acceptors (Lipinski definition) is 1. The highest BCUT2D eigenvalue weighted by atomic mass is 79.9. The van der Waals surface area contributed by atoms with E-state index in [0.717, 1.165) is 12.8 Å². The topological polar surface area (TPSA) is 9.23 Å². The summed E-state index contributed by atoms with van der Waals surface area (Å²) in [6.07, 6.45) is -1.60. The standard InChI is InChI=1S/C13H20BrF3O/c1-11(2)9-3-4-10(7-9)12(11,8-14)18-6-5-13(15,16)17/h9-10H,3-8H2,1-2H3. The lowest BCUT2D eigenvalue weighted by Crippen LogP contribution is -2.53. The van der Waals surface area contributed by atoms with Crippen LogP contribution in [0.1, 0.15) is 39.5 Å². The van der Waals surface area contributed by atoms with Crippen molar-refractivity contribution in [2.75, 3.05) is 11.9 Å². The quantitative estimate of drug-likeness (QED) is 0.688. The van der Waals surface area contributed by atoms with Gasteiger partial charge in [-0.2, -0.15) is 13.2 Å². The SMILES string of the molecule is CC1(C)C2CCC(C2)C1(CBr)OCCC(F)(F)F. The third-order valence-corrected chi connectivity index (χ3v) is 5.98. The van der Waals surface area contributed by atoms with Crippen molar-refractivity contribution in [1.82, 2.24) is 0 Å². The number of alkyl halides is 4. The summed E-state index contributed by atoms with van der Waals surface area (Å²) in [6, 6.07) is 0. The summed E-state index contributed by atoms with van der Waals surface area (Å²) < 4.78 is 42.5. The van der Waals surface area contributed by atoms with Crippen LogP contribution in [0.3, 0.4) is 0 Å². The van der Waals surface area contributed by atoms with Crippen molar-refractivity contribution in [3.05, 3.63) is 0 Å². The summed E-state index contributed by atoms with van der Waals surface area (Å²) in [5.41, 5.74) is -0.452. The molecule has 5 heteroatoms. The predicted octanol–water partition coefficient (Wildman–Crippen LogP) is 4.55. The molecule has 0 aromatic heterocycles. The van der Waals surface area contributed by atoms with E-state index in [0.29, 0.717) is 17.2 Å². The van der Waals surface area contributed by atoms with Crippen LogP contribution in [0.15, 0.2) is 0 Å². The normalized spacial score (nSPS) is 38.3. The Balaban J connectivity index is 2.07. The van der Waals surface area contributed by atoms with Gasteiger partial charge in [-0.15, -0.1) is 0 Å². The minimum Gasteiger partial charge on any atom is -0.373 e. The van der Waals surface area contributed by atoms with Crippen molar-refractivity contribution in [3.63, 3.8) is 0 Å². The third-order valence-electron chi connectivity index (χ3n) is 5.15. The van der Waals surface area contributed by atoms with E-state index in [9.17, 15) is 13.2 Å². The molecule has 0 amide bonds. The van der Waals surface area contributed by atoms with Gasteiger partial charge in [0.25, 0.3) is 0 Å². The number of halogens is 4. The molecule has 3 atom stereocenters. The molecule has 0 N–H and O–H groups in total. The number of fused-ring (bicyclic) bond motifs is 2. The van der Waals surface area contributed by atoms with Crippen molar-refractivity contribution in [2.24, 2.45) is 17.3 Å². The minimum atomic E-state index is -4.13. The Morgan fingerprint density at radius 1 is 1.22 bits per heavy atom. The molecule has 0 aromatic carbocycles. The summed E-state index contributed by atoms with van der Waals surface area (Å²) >= 11 is 3.49. The van der Waals surface area contributed by atoms with Crippen LogP contribution in [0, 0.1) is 17.3 Å². The van der Waals surface area contributed by atoms with Crippen molar-refractivity contribution in [3.8, 4) is 0 Å². The van der Waals surface area contributed by atoms with Gasteiger partial charge in [0, 0.05) is 5.33 Å². The molecule has 2 fully saturated rings. The molecule has 18 heavy (non-hydrogen) atoms. The largest absolute Gasteiger partial charge is 0.391 e. The lowest BCUT2D eigenvalue weighted by atomic mass is 9.66. The summed E-state index contributed by atoms with van der Waals surface area (Å²) in [4.78, 5) is 0. The van der Waals surface area contributed by atoms with Crippen LogP contribution in [0.5, 0.6) is 0 Å². The molecule has 2 aliphatic rings. The smallest absolute Gasteiger partial charge is 0.373 e. The molecule has 0 radical (unpaired) electrons. The van der Waals surface area contributed by atoms with Crippen LogP contribution in [0.25, 0.3) is 0 Å². The van der Waals surface area contributed by atoms with Gasteiger partial charge in [-0.25, -0.2) is 0 Å². The highest BCUT2D eigenvalue weighted by molar-refractivity contribution is 9.09. The maximum Gasteiger partial charge on any atom is 0.391 e. The van der Waals surface area contributed by atoms with Gasteiger partial charge in [0.05, 0.1) is 18.6 Å². The van der Waals surface area contributed by atoms with Gasteiger partial charge in [-0.1, -0.05) is 29.8 Å². The summed E-state index contributed by atoms with van der Waals surface area (Å²) in [7, 11) is 0. The maximum absolute atomic E-state index is 12.2. The molecule has 3 unspecified atom stereocenters. The van der Waals surface area contributed by atoms with Crippen molar-refractivity contribution in [2.45, 2.75) is 51.3 Å². The van der Waals surface area contributed by atoms with Gasteiger partial charge in [-0.3, -0.25) is 0 Å². The van der Waals surface area contributed by atoms with Crippen LogP contribution in [0.2, 0.25) is 0 Å². The second-order valence-electron chi connectivity index (χ2n) is 6.17. The van der Waals surface area contributed by atoms with Crippen LogP contribution in [-0.4, -0.2) is 23.7 Å². The van der Waals surface area contributed by atoms with E-state index in [1.54, 1.807) is 0 Å². The van der Waals surface area contributed by atoms with Crippen molar-refractivity contribution in [1.29, 1.82) is 0 Å². The van der Waals surface area contributed by atoms with E-state index in [1.807, 2.05) is 0 Å². The van der Waals surface area contributed by atoms with Crippen LogP contribution >= 0.6 is 15.9 Å². The third kappa shape index (κ3) is 2.21. The average molecular weight is 329 g/mol. The van der Waals surface area contributed by atoms with Crippen LogP contribution in [0.4, 0.5) is 13.2 Å². The monoisotopic (exact) mass is 328 g/mol. The molecular formula is C13H20BrF3O. The molecule has 2 saturated carbocycles. The highest BCUT2D eigenvalue weighted by Gasteiger charge is 2.63. The maximum atomic E-state index is 12.2. The fourth-order valence-electron chi connectivity index (χ4n) is 3.90. The summed E-state index contributed by atoms with van der Waals surface area (Å²) in [5.74, 6) is 0.996. The van der Waals surface area contributed by atoms with Gasteiger partial charge in [0.15, 0.2) is 0 Å². The molecule has 0 spiro atoms. The first kappa shape index (κ1) is 14.6. The summed E-state index contributed by atoms with van der Waals surface area (Å²) in [6.45, 7) is 4.07. The number of hydrogen-bond donors (Lipinski definition) is 0. The number of ether oxygens (including phenoxy) is 1. The fraction of sp³-hybridized carbons (Fsp3) is 1.00. The molecule has 2 bridgehead atoms. The van der Waals surface area contributed by atoms with Crippen molar-refractivity contribution < 1.29 is 17.9 Å². The highest BCUT2D eigenvalue weighted by Crippen LogP contribution is 2.63. The van der Waals surface area contributed by atoms with Crippen LogP contribution < -0.4 is 0 Å². The Hall–Kier alpha value is 0.230. The first-order valence-corrected chi connectivity index (χ1v) is 7.62. The Morgan fingerprint density at radius 3 is 2.28 bits per heavy atom. The van der Waals surface area contributed by atoms with Gasteiger partial charge in [0.2, 0.25) is 0 Å². The lowest BCUT2D eigenvalue weighted by Gasteiger charge is -2.48. The zero-order valence-electron chi connectivity index (χ0n) is 10.8. The second kappa shape index (κ2) is 4.65. The molecular weight excluding hydrogens is 309 g/mol. The Kier molecular flexibility index (Phi) is 3.78. The molecule has 0 aliphatic heterocycles. The average Bonchev–Trinajstić information content (AvgIpc) is 2.78. The molecule has 0 heterocycles. The van der Waals surface area contributed by atoms with E-state index in [4.69, 9.17) is 4.74 Å². The zero-order chi connectivity index (χ0) is 13.6. The Labute approximate surface area is 115 Å². The van der Waals surface area contributed by atoms with E-state index < -0.39 is 18.2 Å². The molecule has 2 rings (SSSR count). The van der Waals surface area contributed by atoms with E-state index >= 15 is 0 Å². The van der Waals surface area contributed by atoms with Gasteiger partial charge in [0.1, 0.15) is 0 Å². The molecule has 0 aromatic rings. The van der Waals surface area contributed by atoms with Crippen molar-refractivity contribution >= 4 is 15.9 Å². The number of rotatable bonds is 4. The first-order chi connectivity index (χ1) is 8.23. The second-order valence-corrected chi connectivity index (χ2v) is 6.73. The Morgan fingerprint density at radius 2 is 1.83 bits per heavy atom. The molecule has 106 valence electrons. The molecule has 1 nitrogen and oxygen atoms in total. The van der Waals surface area contributed by atoms with Gasteiger partial charge >= 0.3 is 6.18 Å². The Bertz CT molecular complexity index is 316. The van der Waals surface area contributed by atoms with E-state index in [1.165, 1.54) is 6.42 Å². The zero-order valence-corrected chi connectivity index (χ0v) is 12.4. The van der Waals surface area contributed by atoms with Crippen LogP contribution in [-0.2, 0) is 4.74 Å².